The van der Waals surface area contributed by atoms with Gasteiger partial charge in [-0.05, 0) is 30.3 Å². The number of amides is 2. The minimum Gasteiger partial charge on any atom is -0.457 e. The summed E-state index contributed by atoms with van der Waals surface area (Å²) >= 11 is 0. The van der Waals surface area contributed by atoms with Crippen molar-refractivity contribution in [1.82, 2.24) is 15.8 Å². The average Bonchev–Trinajstić information content (AvgIpc) is 2.54. The fraction of sp³-hybridized carbons (Fsp3) is 0.0714. The van der Waals surface area contributed by atoms with Crippen LogP contribution < -0.4 is 15.5 Å². The predicted molar refractivity (Wildman–Crippen MR) is 73.4 cm³/mol. The number of nitrogens with zero attached hydrogens (tertiary/aromatic N) is 1. The van der Waals surface area contributed by atoms with Crippen molar-refractivity contribution in [3.63, 3.8) is 0 Å². The van der Waals surface area contributed by atoms with E-state index in [0.717, 1.165) is 0 Å². The molecule has 0 atom stereocenters. The first-order valence-electron chi connectivity index (χ1n) is 6.04. The van der Waals surface area contributed by atoms with Gasteiger partial charge in [-0.2, -0.15) is 0 Å². The van der Waals surface area contributed by atoms with E-state index in [1.165, 1.54) is 17.7 Å². The van der Waals surface area contributed by atoms with E-state index in [4.69, 9.17) is 9.94 Å². The molecule has 2 rings (SSSR count). The summed E-state index contributed by atoms with van der Waals surface area (Å²) in [5.41, 5.74) is 2.04. The lowest BCUT2D eigenvalue weighted by Crippen LogP contribution is -2.19. The topological polar surface area (TPSA) is 101 Å². The molecule has 0 unspecified atom stereocenters. The van der Waals surface area contributed by atoms with Crippen molar-refractivity contribution >= 4 is 11.8 Å². The van der Waals surface area contributed by atoms with Crippen molar-refractivity contribution in [1.29, 1.82) is 0 Å². The van der Waals surface area contributed by atoms with Crippen LogP contribution >= 0.6 is 0 Å². The molecular formula is C14H13N3O4. The van der Waals surface area contributed by atoms with Crippen molar-refractivity contribution in [2.24, 2.45) is 0 Å². The van der Waals surface area contributed by atoms with Gasteiger partial charge in [-0.15, -0.1) is 0 Å². The SMILES string of the molecule is CNC(=O)c1ccc(Oc2ccnc(C(=O)NO)c2)cc1. The van der Waals surface area contributed by atoms with E-state index in [0.29, 0.717) is 17.1 Å². The molecule has 0 saturated heterocycles. The van der Waals surface area contributed by atoms with Crippen molar-refractivity contribution < 1.29 is 19.5 Å². The maximum Gasteiger partial charge on any atom is 0.293 e. The Morgan fingerprint density at radius 1 is 1.10 bits per heavy atom. The molecule has 3 N–H and O–H groups in total. The number of carbonyl (C=O) groups excluding carboxylic acids is 2. The van der Waals surface area contributed by atoms with Crippen LogP contribution in [0.3, 0.4) is 0 Å². The summed E-state index contributed by atoms with van der Waals surface area (Å²) < 4.78 is 5.55. The number of hydrogen-bond donors (Lipinski definition) is 3. The van der Waals surface area contributed by atoms with Crippen molar-refractivity contribution in [3.05, 3.63) is 53.9 Å². The molecule has 0 fully saturated rings. The summed E-state index contributed by atoms with van der Waals surface area (Å²) in [5.74, 6) is -0.0247. The van der Waals surface area contributed by atoms with Gasteiger partial charge in [-0.25, -0.2) is 5.48 Å². The van der Waals surface area contributed by atoms with Crippen LogP contribution in [0.5, 0.6) is 11.5 Å². The van der Waals surface area contributed by atoms with Gasteiger partial charge in [0.25, 0.3) is 11.8 Å². The zero-order chi connectivity index (χ0) is 15.2. The minimum atomic E-state index is -0.726. The second-order valence-corrected chi connectivity index (χ2v) is 4.02. The highest BCUT2D eigenvalue weighted by atomic mass is 16.5. The molecule has 0 bridgehead atoms. The van der Waals surface area contributed by atoms with Gasteiger partial charge >= 0.3 is 0 Å². The fourth-order valence-electron chi connectivity index (χ4n) is 1.61. The van der Waals surface area contributed by atoms with E-state index >= 15 is 0 Å². The fourth-order valence-corrected chi connectivity index (χ4v) is 1.61. The van der Waals surface area contributed by atoms with Crippen molar-refractivity contribution in [2.45, 2.75) is 0 Å². The largest absolute Gasteiger partial charge is 0.457 e. The molecule has 7 nitrogen and oxygen atoms in total. The highest BCUT2D eigenvalue weighted by Crippen LogP contribution is 2.21. The molecule has 1 aromatic carbocycles. The zero-order valence-corrected chi connectivity index (χ0v) is 11.2. The number of ether oxygens (including phenoxy) is 1. The summed E-state index contributed by atoms with van der Waals surface area (Å²) in [5, 5.41) is 11.1. The third-order valence-electron chi connectivity index (χ3n) is 2.64. The first-order chi connectivity index (χ1) is 10.1. The van der Waals surface area contributed by atoms with Crippen molar-refractivity contribution in [2.75, 3.05) is 7.05 Å². The molecule has 0 radical (unpaired) electrons. The van der Waals surface area contributed by atoms with Gasteiger partial charge in [0, 0.05) is 24.9 Å². The highest BCUT2D eigenvalue weighted by Gasteiger charge is 2.08. The lowest BCUT2D eigenvalue weighted by atomic mass is 10.2. The number of carbonyl (C=O) groups is 2. The Balaban J connectivity index is 2.15. The average molecular weight is 287 g/mol. The van der Waals surface area contributed by atoms with Crippen LogP contribution in [0.4, 0.5) is 0 Å². The maximum absolute atomic E-state index is 11.4. The van der Waals surface area contributed by atoms with Gasteiger partial charge in [-0.1, -0.05) is 0 Å². The van der Waals surface area contributed by atoms with Crippen LogP contribution in [-0.2, 0) is 0 Å². The molecule has 7 heteroatoms. The smallest absolute Gasteiger partial charge is 0.293 e. The molecule has 0 saturated carbocycles. The Labute approximate surface area is 120 Å². The van der Waals surface area contributed by atoms with Crippen LogP contribution in [0.1, 0.15) is 20.8 Å². The summed E-state index contributed by atoms with van der Waals surface area (Å²) in [6, 6.07) is 9.47. The van der Waals surface area contributed by atoms with Gasteiger partial charge < -0.3 is 10.1 Å². The number of aromatic nitrogens is 1. The lowest BCUT2D eigenvalue weighted by molar-refractivity contribution is 0.0700. The van der Waals surface area contributed by atoms with Gasteiger partial charge in [-0.3, -0.25) is 19.8 Å². The summed E-state index contributed by atoms with van der Waals surface area (Å²) in [6.07, 6.45) is 1.39. The Hall–Kier alpha value is -2.93. The standard InChI is InChI=1S/C14H13N3O4/c1-15-13(18)9-2-4-10(5-3-9)21-11-6-7-16-12(8-11)14(19)17-20/h2-8,20H,1H3,(H,15,18)(H,17,19). The normalized spacial score (nSPS) is 9.81. The maximum atomic E-state index is 11.4. The minimum absolute atomic E-state index is 0.0250. The molecule has 0 aliphatic rings. The molecule has 1 heterocycles. The third-order valence-corrected chi connectivity index (χ3v) is 2.64. The van der Waals surface area contributed by atoms with Crippen LogP contribution in [0, 0.1) is 0 Å². The van der Waals surface area contributed by atoms with Gasteiger partial charge in [0.2, 0.25) is 0 Å². The first kappa shape index (κ1) is 14.5. The number of hydroxylamine groups is 1. The monoisotopic (exact) mass is 287 g/mol. The van der Waals surface area contributed by atoms with Crippen molar-refractivity contribution in [3.8, 4) is 11.5 Å². The van der Waals surface area contributed by atoms with E-state index in [9.17, 15) is 9.59 Å². The van der Waals surface area contributed by atoms with Gasteiger partial charge in [0.05, 0.1) is 0 Å². The van der Waals surface area contributed by atoms with Crippen LogP contribution in [0.2, 0.25) is 0 Å². The molecule has 21 heavy (non-hydrogen) atoms. The number of hydrogen-bond acceptors (Lipinski definition) is 5. The highest BCUT2D eigenvalue weighted by molar-refractivity contribution is 5.94. The predicted octanol–water partition coefficient (Wildman–Crippen LogP) is 1.35. The third kappa shape index (κ3) is 3.54. The quantitative estimate of drug-likeness (QED) is 0.582. The summed E-state index contributed by atoms with van der Waals surface area (Å²) in [6.45, 7) is 0. The molecule has 0 aliphatic carbocycles. The van der Waals surface area contributed by atoms with Gasteiger partial charge in [0.15, 0.2) is 0 Å². The van der Waals surface area contributed by atoms with Crippen LogP contribution in [-0.4, -0.2) is 29.1 Å². The number of benzene rings is 1. The number of rotatable bonds is 4. The molecule has 108 valence electrons. The second-order valence-electron chi connectivity index (χ2n) is 4.02. The second kappa shape index (κ2) is 6.49. The molecule has 0 aliphatic heterocycles. The van der Waals surface area contributed by atoms with E-state index in [-0.39, 0.29) is 11.6 Å². The molecule has 0 spiro atoms. The van der Waals surface area contributed by atoms with E-state index in [1.54, 1.807) is 37.4 Å². The molecule has 1 aromatic heterocycles. The van der Waals surface area contributed by atoms with Gasteiger partial charge in [0.1, 0.15) is 17.2 Å². The first-order valence-corrected chi connectivity index (χ1v) is 6.04. The lowest BCUT2D eigenvalue weighted by Gasteiger charge is -2.07. The Kier molecular flexibility index (Phi) is 4.47. The molecule has 2 amide bonds. The number of nitrogens with one attached hydrogen (secondary N) is 2. The Bertz CT molecular complexity index is 656. The van der Waals surface area contributed by atoms with Crippen LogP contribution in [0.15, 0.2) is 42.6 Å². The number of pyridine rings is 1. The Morgan fingerprint density at radius 2 is 1.81 bits per heavy atom. The van der Waals surface area contributed by atoms with E-state index < -0.39 is 5.91 Å². The summed E-state index contributed by atoms with van der Waals surface area (Å²) in [4.78, 5) is 26.4. The molecular weight excluding hydrogens is 274 g/mol. The van der Waals surface area contributed by atoms with Crippen LogP contribution in [0.25, 0.3) is 0 Å². The van der Waals surface area contributed by atoms with E-state index in [1.807, 2.05) is 0 Å². The zero-order valence-electron chi connectivity index (χ0n) is 11.2. The molecule has 2 aromatic rings. The summed E-state index contributed by atoms with van der Waals surface area (Å²) in [7, 11) is 1.55. The Morgan fingerprint density at radius 3 is 2.43 bits per heavy atom. The van der Waals surface area contributed by atoms with E-state index in [2.05, 4.69) is 10.3 Å².